The molecule has 128 valence electrons. The number of carbonyl (C=O) groups is 1. The predicted octanol–water partition coefficient (Wildman–Crippen LogP) is 4.75. The van der Waals surface area contributed by atoms with Gasteiger partial charge in [0.05, 0.1) is 0 Å². The number of hydrogen-bond acceptors (Lipinski definition) is 4. The molecule has 0 saturated carbocycles. The van der Waals surface area contributed by atoms with Gasteiger partial charge in [0.15, 0.2) is 0 Å². The van der Waals surface area contributed by atoms with Crippen LogP contribution >= 0.6 is 23.2 Å². The van der Waals surface area contributed by atoms with Gasteiger partial charge in [0.1, 0.15) is 5.82 Å². The number of anilines is 1. The topological polar surface area (TPSA) is 68.0 Å². The van der Waals surface area contributed by atoms with Crippen molar-refractivity contribution in [2.45, 2.75) is 12.8 Å². The Morgan fingerprint density at radius 2 is 1.92 bits per heavy atom. The molecule has 5 nitrogen and oxygen atoms in total. The number of carbonyl (C=O) groups excluding carboxylic acids is 1. The Hall–Kier alpha value is -2.44. The number of rotatable bonds is 5. The second-order valence-electron chi connectivity index (χ2n) is 5.23. The van der Waals surface area contributed by atoms with Crippen molar-refractivity contribution in [3.8, 4) is 11.4 Å². The van der Waals surface area contributed by atoms with Gasteiger partial charge >= 0.3 is 0 Å². The van der Waals surface area contributed by atoms with Crippen LogP contribution in [0.5, 0.6) is 0 Å². The van der Waals surface area contributed by atoms with Gasteiger partial charge < -0.3 is 9.84 Å². The summed E-state index contributed by atoms with van der Waals surface area (Å²) >= 11 is 11.8. The molecule has 0 spiro atoms. The summed E-state index contributed by atoms with van der Waals surface area (Å²) in [5.41, 5.74) is 1.02. The summed E-state index contributed by atoms with van der Waals surface area (Å²) in [5.74, 6) is -0.0673. The maximum absolute atomic E-state index is 13.2. The number of amides is 1. The van der Waals surface area contributed by atoms with Gasteiger partial charge in [-0.2, -0.15) is 4.98 Å². The van der Waals surface area contributed by atoms with Gasteiger partial charge in [-0.25, -0.2) is 4.39 Å². The van der Waals surface area contributed by atoms with Crippen LogP contribution in [0.1, 0.15) is 12.3 Å². The van der Waals surface area contributed by atoms with Crippen LogP contribution in [0.4, 0.5) is 10.1 Å². The number of nitrogens with one attached hydrogen (secondary N) is 1. The second-order valence-corrected chi connectivity index (χ2v) is 6.10. The lowest BCUT2D eigenvalue weighted by molar-refractivity contribution is -0.116. The van der Waals surface area contributed by atoms with E-state index in [-0.39, 0.29) is 30.4 Å². The highest BCUT2D eigenvalue weighted by molar-refractivity contribution is 6.35. The molecule has 1 aromatic heterocycles. The number of halogens is 3. The average Bonchev–Trinajstić information content (AvgIpc) is 3.01. The van der Waals surface area contributed by atoms with E-state index in [1.807, 2.05) is 0 Å². The fourth-order valence-electron chi connectivity index (χ4n) is 2.17. The third-order valence-electron chi connectivity index (χ3n) is 3.26. The van der Waals surface area contributed by atoms with Crippen molar-refractivity contribution in [2.24, 2.45) is 0 Å². The third kappa shape index (κ3) is 4.78. The van der Waals surface area contributed by atoms with Crippen LogP contribution in [-0.4, -0.2) is 16.0 Å². The molecule has 0 unspecified atom stereocenters. The molecule has 0 radical (unpaired) electrons. The molecule has 1 amide bonds. The van der Waals surface area contributed by atoms with E-state index in [9.17, 15) is 9.18 Å². The maximum atomic E-state index is 13.2. The molecular formula is C17H12Cl2FN3O2. The van der Waals surface area contributed by atoms with E-state index in [0.717, 1.165) is 0 Å². The number of nitrogens with zero attached hydrogens (tertiary/aromatic N) is 2. The van der Waals surface area contributed by atoms with Crippen LogP contribution in [0.3, 0.4) is 0 Å². The molecule has 2 aromatic carbocycles. The average molecular weight is 380 g/mol. The molecule has 0 atom stereocenters. The van der Waals surface area contributed by atoms with Crippen molar-refractivity contribution in [3.05, 3.63) is 64.2 Å². The minimum absolute atomic E-state index is 0.134. The SMILES string of the molecule is O=C(CCc1nc(-c2cccc(F)c2)no1)Nc1cc(Cl)cc(Cl)c1. The normalized spacial score (nSPS) is 10.7. The quantitative estimate of drug-likeness (QED) is 0.694. The van der Waals surface area contributed by atoms with E-state index < -0.39 is 0 Å². The van der Waals surface area contributed by atoms with E-state index in [4.69, 9.17) is 27.7 Å². The number of aromatic nitrogens is 2. The van der Waals surface area contributed by atoms with Gasteiger partial charge in [0.2, 0.25) is 17.6 Å². The van der Waals surface area contributed by atoms with E-state index in [1.165, 1.54) is 12.1 Å². The van der Waals surface area contributed by atoms with Gasteiger partial charge in [-0.05, 0) is 30.3 Å². The Balaban J connectivity index is 1.59. The summed E-state index contributed by atoms with van der Waals surface area (Å²) < 4.78 is 18.3. The zero-order chi connectivity index (χ0) is 17.8. The van der Waals surface area contributed by atoms with Crippen molar-refractivity contribution >= 4 is 34.8 Å². The summed E-state index contributed by atoms with van der Waals surface area (Å²) in [6.45, 7) is 0. The van der Waals surface area contributed by atoms with Crippen LogP contribution < -0.4 is 5.32 Å². The Bertz CT molecular complexity index is 894. The van der Waals surface area contributed by atoms with Crippen molar-refractivity contribution in [1.29, 1.82) is 0 Å². The summed E-state index contributed by atoms with van der Waals surface area (Å²) in [6.07, 6.45) is 0.386. The molecular weight excluding hydrogens is 368 g/mol. The largest absolute Gasteiger partial charge is 0.339 e. The van der Waals surface area contributed by atoms with Crippen LogP contribution in [0, 0.1) is 5.82 Å². The smallest absolute Gasteiger partial charge is 0.227 e. The monoisotopic (exact) mass is 379 g/mol. The van der Waals surface area contributed by atoms with Crippen LogP contribution in [0.25, 0.3) is 11.4 Å². The standard InChI is InChI=1S/C17H12Cl2FN3O2/c18-11-7-12(19)9-14(8-11)21-15(24)4-5-16-22-17(23-25-16)10-2-1-3-13(20)6-10/h1-3,6-9H,4-5H2,(H,21,24). The van der Waals surface area contributed by atoms with E-state index in [2.05, 4.69) is 15.5 Å². The molecule has 0 aliphatic rings. The first-order valence-electron chi connectivity index (χ1n) is 7.34. The number of aryl methyl sites for hydroxylation is 1. The van der Waals surface area contributed by atoms with Gasteiger partial charge in [0.25, 0.3) is 0 Å². The molecule has 0 aliphatic heterocycles. The van der Waals surface area contributed by atoms with Crippen LogP contribution in [0.15, 0.2) is 47.0 Å². The first-order chi connectivity index (χ1) is 12.0. The molecule has 25 heavy (non-hydrogen) atoms. The highest BCUT2D eigenvalue weighted by Gasteiger charge is 2.11. The summed E-state index contributed by atoms with van der Waals surface area (Å²) in [7, 11) is 0. The molecule has 0 bridgehead atoms. The highest BCUT2D eigenvalue weighted by atomic mass is 35.5. The number of benzene rings is 2. The molecule has 0 aliphatic carbocycles. The van der Waals surface area contributed by atoms with Gasteiger partial charge in [-0.15, -0.1) is 0 Å². The van der Waals surface area contributed by atoms with Gasteiger partial charge in [-0.1, -0.05) is 40.5 Å². The summed E-state index contributed by atoms with van der Waals surface area (Å²) in [4.78, 5) is 16.2. The van der Waals surface area contributed by atoms with Gasteiger partial charge in [0, 0.05) is 34.1 Å². The molecule has 1 N–H and O–H groups in total. The molecule has 3 aromatic rings. The Kier molecular flexibility index (Phi) is 5.31. The fraction of sp³-hybridized carbons (Fsp3) is 0.118. The molecule has 0 fully saturated rings. The lowest BCUT2D eigenvalue weighted by Gasteiger charge is -2.05. The summed E-state index contributed by atoms with van der Waals surface area (Å²) in [6, 6.07) is 10.6. The van der Waals surface area contributed by atoms with Crippen molar-refractivity contribution in [3.63, 3.8) is 0 Å². The second kappa shape index (κ2) is 7.63. The summed E-state index contributed by atoms with van der Waals surface area (Å²) in [5, 5.41) is 7.35. The minimum atomic E-state index is -0.386. The first kappa shape index (κ1) is 17.4. The van der Waals surface area contributed by atoms with Crippen molar-refractivity contribution < 1.29 is 13.7 Å². The minimum Gasteiger partial charge on any atom is -0.339 e. The lowest BCUT2D eigenvalue weighted by atomic mass is 10.2. The molecule has 3 rings (SSSR count). The number of hydrogen-bond donors (Lipinski definition) is 1. The third-order valence-corrected chi connectivity index (χ3v) is 3.70. The van der Waals surface area contributed by atoms with Crippen molar-refractivity contribution in [1.82, 2.24) is 10.1 Å². The first-order valence-corrected chi connectivity index (χ1v) is 8.10. The van der Waals surface area contributed by atoms with Crippen LogP contribution in [0.2, 0.25) is 10.0 Å². The highest BCUT2D eigenvalue weighted by Crippen LogP contribution is 2.22. The predicted molar refractivity (Wildman–Crippen MR) is 93.1 cm³/mol. The zero-order valence-electron chi connectivity index (χ0n) is 12.8. The Morgan fingerprint density at radius 1 is 1.16 bits per heavy atom. The van der Waals surface area contributed by atoms with E-state index in [0.29, 0.717) is 27.2 Å². The Morgan fingerprint density at radius 3 is 2.64 bits per heavy atom. The lowest BCUT2D eigenvalue weighted by Crippen LogP contribution is -2.12. The van der Waals surface area contributed by atoms with Gasteiger partial charge in [-0.3, -0.25) is 4.79 Å². The zero-order valence-corrected chi connectivity index (χ0v) is 14.3. The van der Waals surface area contributed by atoms with Crippen LogP contribution in [-0.2, 0) is 11.2 Å². The Labute approximate surface area is 152 Å². The van der Waals surface area contributed by atoms with E-state index in [1.54, 1.807) is 30.3 Å². The van der Waals surface area contributed by atoms with Crippen molar-refractivity contribution in [2.75, 3.05) is 5.32 Å². The fourth-order valence-corrected chi connectivity index (χ4v) is 2.70. The molecule has 0 saturated heterocycles. The molecule has 8 heteroatoms. The molecule has 1 heterocycles. The maximum Gasteiger partial charge on any atom is 0.227 e. The van der Waals surface area contributed by atoms with E-state index >= 15 is 0 Å².